The van der Waals surface area contributed by atoms with Gasteiger partial charge in [-0.1, -0.05) is 18.2 Å². The van der Waals surface area contributed by atoms with E-state index in [9.17, 15) is 13.2 Å². The Morgan fingerprint density at radius 1 is 1.12 bits per heavy atom. The van der Waals surface area contributed by atoms with E-state index in [1.807, 2.05) is 17.4 Å². The first-order valence-corrected chi connectivity index (χ1v) is 10.1. The second-order valence-electron chi connectivity index (χ2n) is 5.53. The lowest BCUT2D eigenvalue weighted by molar-refractivity contribution is -0.137. The van der Waals surface area contributed by atoms with Crippen molar-refractivity contribution in [1.82, 2.24) is 9.38 Å². The molecule has 8 heteroatoms. The van der Waals surface area contributed by atoms with E-state index in [4.69, 9.17) is 0 Å². The van der Waals surface area contributed by atoms with Crippen molar-refractivity contribution in [2.24, 2.45) is 0 Å². The molecule has 1 aromatic carbocycles. The zero-order chi connectivity index (χ0) is 18.2. The molecule has 0 amide bonds. The summed E-state index contributed by atoms with van der Waals surface area (Å²) in [5.74, 6) is 1.16. The van der Waals surface area contributed by atoms with E-state index >= 15 is 0 Å². The molecule has 0 bridgehead atoms. The normalized spacial score (nSPS) is 12.1. The third-order valence-corrected chi connectivity index (χ3v) is 6.18. The number of pyridine rings is 1. The summed E-state index contributed by atoms with van der Waals surface area (Å²) in [6.45, 7) is 1.99. The molecular weight excluding hydrogens is 481 g/mol. The summed E-state index contributed by atoms with van der Waals surface area (Å²) in [6, 6.07) is 7.43. The van der Waals surface area contributed by atoms with Gasteiger partial charge in [-0.2, -0.15) is 24.9 Å². The number of hydrogen-bond donors (Lipinski definition) is 0. The molecule has 0 fully saturated rings. The first-order chi connectivity index (χ1) is 11.8. The summed E-state index contributed by atoms with van der Waals surface area (Å²) in [5.41, 5.74) is 2.92. The van der Waals surface area contributed by atoms with Crippen molar-refractivity contribution in [2.45, 2.75) is 24.6 Å². The zero-order valence-corrected chi connectivity index (χ0v) is 17.1. The van der Waals surface area contributed by atoms with Crippen LogP contribution in [0.15, 0.2) is 45.5 Å². The van der Waals surface area contributed by atoms with Gasteiger partial charge < -0.3 is 0 Å². The number of imidazole rings is 1. The lowest BCUT2D eigenvalue weighted by atomic mass is 10.1. The Hall–Kier alpha value is -0.990. The Kier molecular flexibility index (Phi) is 5.51. The lowest BCUT2D eigenvalue weighted by Gasteiger charge is -2.10. The number of benzene rings is 1. The van der Waals surface area contributed by atoms with E-state index in [0.29, 0.717) is 17.1 Å². The molecule has 0 aliphatic rings. The van der Waals surface area contributed by atoms with Crippen molar-refractivity contribution in [3.8, 4) is 0 Å². The molecule has 0 spiro atoms. The number of rotatable bonds is 4. The van der Waals surface area contributed by atoms with E-state index in [1.165, 1.54) is 12.1 Å². The average molecular weight is 494 g/mol. The van der Waals surface area contributed by atoms with Gasteiger partial charge in [-0.15, -0.1) is 0 Å². The van der Waals surface area contributed by atoms with Crippen LogP contribution in [0.25, 0.3) is 5.65 Å². The van der Waals surface area contributed by atoms with Crippen LogP contribution in [-0.2, 0) is 17.7 Å². The maximum atomic E-state index is 12.8. The van der Waals surface area contributed by atoms with Crippen molar-refractivity contribution < 1.29 is 13.2 Å². The first-order valence-electron chi connectivity index (χ1n) is 7.32. The highest BCUT2D eigenvalue weighted by atomic mass is 79.9. The van der Waals surface area contributed by atoms with Crippen molar-refractivity contribution in [3.05, 3.63) is 68.0 Å². The monoisotopic (exact) mass is 492 g/mol. The van der Waals surface area contributed by atoms with Gasteiger partial charge in [0.1, 0.15) is 0 Å². The summed E-state index contributed by atoms with van der Waals surface area (Å²) in [6.07, 6.45) is -2.50. The molecule has 0 saturated carbocycles. The third kappa shape index (κ3) is 4.06. The Bertz CT molecular complexity index is 922. The van der Waals surface area contributed by atoms with Crippen LogP contribution >= 0.6 is 43.6 Å². The van der Waals surface area contributed by atoms with Crippen molar-refractivity contribution in [1.29, 1.82) is 0 Å². The predicted molar refractivity (Wildman–Crippen MR) is 102 cm³/mol. The van der Waals surface area contributed by atoms with Gasteiger partial charge in [0, 0.05) is 21.7 Å². The smallest absolute Gasteiger partial charge is 0.298 e. The highest BCUT2D eigenvalue weighted by Gasteiger charge is 2.30. The predicted octanol–water partition coefficient (Wildman–Crippen LogP) is 6.62. The molecule has 0 unspecified atom stereocenters. The van der Waals surface area contributed by atoms with E-state index in [2.05, 4.69) is 36.8 Å². The van der Waals surface area contributed by atoms with Gasteiger partial charge >= 0.3 is 6.18 Å². The second kappa shape index (κ2) is 7.32. The topological polar surface area (TPSA) is 17.3 Å². The fourth-order valence-corrected chi connectivity index (χ4v) is 4.68. The Labute approximate surface area is 164 Å². The standard InChI is InChI=1S/C17H13Br2F3N2S/c1-10-14(18)6-15(19)16-23-7-13(24(10)16)9-25-8-11-3-2-4-12(5-11)17(20,21)22/h2-7H,8-9H2,1H3. The maximum Gasteiger partial charge on any atom is 0.416 e. The number of fused-ring (bicyclic) bond motifs is 1. The molecule has 0 saturated heterocycles. The van der Waals surface area contributed by atoms with Crippen molar-refractivity contribution in [3.63, 3.8) is 0 Å². The van der Waals surface area contributed by atoms with Gasteiger partial charge in [0.05, 0.1) is 21.9 Å². The van der Waals surface area contributed by atoms with Gasteiger partial charge in [0.2, 0.25) is 0 Å². The average Bonchev–Trinajstić information content (AvgIpc) is 2.97. The summed E-state index contributed by atoms with van der Waals surface area (Å²) in [7, 11) is 0. The molecule has 2 aromatic heterocycles. The molecule has 2 nitrogen and oxygen atoms in total. The van der Waals surface area contributed by atoms with Gasteiger partial charge in [0.15, 0.2) is 5.65 Å². The summed E-state index contributed by atoms with van der Waals surface area (Å²) >= 11 is 8.59. The number of nitrogens with zero attached hydrogens (tertiary/aromatic N) is 2. The molecule has 3 aromatic rings. The number of aromatic nitrogens is 2. The van der Waals surface area contributed by atoms with Gasteiger partial charge in [-0.25, -0.2) is 4.98 Å². The number of thioether (sulfide) groups is 1. The van der Waals surface area contributed by atoms with Gasteiger partial charge in [-0.3, -0.25) is 4.40 Å². The van der Waals surface area contributed by atoms with Crippen LogP contribution in [0.4, 0.5) is 13.2 Å². The Morgan fingerprint density at radius 3 is 2.60 bits per heavy atom. The molecular formula is C17H13Br2F3N2S. The molecule has 0 atom stereocenters. The van der Waals surface area contributed by atoms with Crippen molar-refractivity contribution in [2.75, 3.05) is 0 Å². The number of aryl methyl sites for hydroxylation is 1. The fourth-order valence-electron chi connectivity index (χ4n) is 2.53. The Balaban J connectivity index is 1.76. The molecule has 0 N–H and O–H groups in total. The third-order valence-electron chi connectivity index (χ3n) is 3.76. The van der Waals surface area contributed by atoms with E-state index < -0.39 is 11.7 Å². The Morgan fingerprint density at radius 2 is 1.88 bits per heavy atom. The molecule has 3 rings (SSSR count). The minimum atomic E-state index is -4.31. The molecule has 2 heterocycles. The van der Waals surface area contributed by atoms with E-state index in [1.54, 1.807) is 24.0 Å². The highest BCUT2D eigenvalue weighted by Crippen LogP contribution is 2.31. The number of alkyl halides is 3. The highest BCUT2D eigenvalue weighted by molar-refractivity contribution is 9.11. The van der Waals surface area contributed by atoms with Crippen LogP contribution in [-0.4, -0.2) is 9.38 Å². The molecule has 25 heavy (non-hydrogen) atoms. The maximum absolute atomic E-state index is 12.8. The number of hydrogen-bond acceptors (Lipinski definition) is 2. The van der Waals surface area contributed by atoms with Crippen LogP contribution < -0.4 is 0 Å². The zero-order valence-electron chi connectivity index (χ0n) is 13.1. The van der Waals surface area contributed by atoms with Crippen LogP contribution in [0.2, 0.25) is 0 Å². The second-order valence-corrected chi connectivity index (χ2v) is 8.22. The van der Waals surface area contributed by atoms with Gasteiger partial charge in [0.25, 0.3) is 0 Å². The first kappa shape index (κ1) is 18.8. The number of halogens is 5. The van der Waals surface area contributed by atoms with Gasteiger partial charge in [-0.05, 0) is 56.5 Å². The summed E-state index contributed by atoms with van der Waals surface area (Å²) < 4.78 is 42.2. The lowest BCUT2D eigenvalue weighted by Crippen LogP contribution is -2.05. The SMILES string of the molecule is Cc1c(Br)cc(Br)c2ncc(CSCc3cccc(C(F)(F)F)c3)n12. The molecule has 0 aliphatic heterocycles. The van der Waals surface area contributed by atoms with Crippen LogP contribution in [0.5, 0.6) is 0 Å². The van der Waals surface area contributed by atoms with E-state index in [-0.39, 0.29) is 0 Å². The largest absolute Gasteiger partial charge is 0.416 e. The van der Waals surface area contributed by atoms with Crippen LogP contribution in [0.3, 0.4) is 0 Å². The van der Waals surface area contributed by atoms with Crippen LogP contribution in [0, 0.1) is 6.92 Å². The minimum Gasteiger partial charge on any atom is -0.298 e. The summed E-state index contributed by atoms with van der Waals surface area (Å²) in [4.78, 5) is 4.43. The fraction of sp³-hybridized carbons (Fsp3) is 0.235. The van der Waals surface area contributed by atoms with E-state index in [0.717, 1.165) is 32.0 Å². The summed E-state index contributed by atoms with van der Waals surface area (Å²) in [5, 5.41) is 0. The quantitative estimate of drug-likeness (QED) is 0.406. The molecule has 0 radical (unpaired) electrons. The van der Waals surface area contributed by atoms with Crippen molar-refractivity contribution >= 4 is 49.3 Å². The molecule has 132 valence electrons. The molecule has 0 aliphatic carbocycles. The minimum absolute atomic E-state index is 0.505. The van der Waals surface area contributed by atoms with Crippen LogP contribution in [0.1, 0.15) is 22.5 Å².